The summed E-state index contributed by atoms with van der Waals surface area (Å²) in [5, 5.41) is 0.117. The second-order valence-corrected chi connectivity index (χ2v) is 25.8. The molecule has 0 aromatic rings. The summed E-state index contributed by atoms with van der Waals surface area (Å²) in [6, 6.07) is 0. The summed E-state index contributed by atoms with van der Waals surface area (Å²) < 4.78 is 58.4. The predicted octanol–water partition coefficient (Wildman–Crippen LogP) is 6.32. The Morgan fingerprint density at radius 2 is 1.29 bits per heavy atom. The van der Waals surface area contributed by atoms with Gasteiger partial charge in [0.2, 0.25) is 0 Å². The monoisotopic (exact) mass is 618 g/mol. The molecule has 0 amide bonds. The largest absolute Gasteiger partial charge is 0.411 e. The fourth-order valence-corrected chi connectivity index (χ4v) is 8.17. The fourth-order valence-electron chi connectivity index (χ4n) is 5.46. The van der Waals surface area contributed by atoms with Crippen LogP contribution in [0.3, 0.4) is 0 Å². The van der Waals surface area contributed by atoms with Crippen molar-refractivity contribution in [3.63, 3.8) is 0 Å². The van der Waals surface area contributed by atoms with Gasteiger partial charge in [0.05, 0.1) is 24.9 Å². The van der Waals surface area contributed by atoms with Crippen molar-refractivity contribution in [1.82, 2.24) is 0 Å². The van der Waals surface area contributed by atoms with Crippen LogP contribution >= 0.6 is 0 Å². The van der Waals surface area contributed by atoms with E-state index in [-0.39, 0.29) is 34.5 Å². The molecule has 0 aromatic heterocycles. The Labute approximate surface area is 250 Å². The Bertz CT molecular complexity index is 926. The fraction of sp³-hybridized carbons (Fsp3) is 1.00. The van der Waals surface area contributed by atoms with Gasteiger partial charge < -0.3 is 42.0 Å². The zero-order valence-corrected chi connectivity index (χ0v) is 30.3. The average Bonchev–Trinajstić information content (AvgIpc) is 3.38. The molecule has 41 heavy (non-hydrogen) atoms. The van der Waals surface area contributed by atoms with Crippen molar-refractivity contribution in [1.29, 1.82) is 0 Å². The number of hydrogen-bond acceptors (Lipinski definition) is 9. The van der Waals surface area contributed by atoms with E-state index >= 15 is 0 Å². The Morgan fingerprint density at radius 3 is 1.83 bits per heavy atom. The van der Waals surface area contributed by atoms with Crippen molar-refractivity contribution in [3.8, 4) is 0 Å². The van der Waals surface area contributed by atoms with Crippen LogP contribution in [0.4, 0.5) is 0 Å². The van der Waals surface area contributed by atoms with E-state index in [1.54, 1.807) is 0 Å². The number of ether oxygens (including phenoxy) is 7. The molecule has 0 aromatic carbocycles. The van der Waals surface area contributed by atoms with Crippen LogP contribution in [-0.2, 0) is 42.0 Å². The van der Waals surface area contributed by atoms with E-state index in [0.717, 1.165) is 0 Å². The van der Waals surface area contributed by atoms with Crippen LogP contribution in [0.25, 0.3) is 0 Å². The molecule has 4 aliphatic rings. The van der Waals surface area contributed by atoms with Crippen LogP contribution in [0.5, 0.6) is 0 Å². The molecule has 11 heteroatoms. The average molecular weight is 619 g/mol. The molecule has 0 bridgehead atoms. The zero-order chi connectivity index (χ0) is 31.0. The third-order valence-electron chi connectivity index (χ3n) is 9.84. The van der Waals surface area contributed by atoms with E-state index in [1.165, 1.54) is 0 Å². The summed E-state index contributed by atoms with van der Waals surface area (Å²) in [5.41, 5.74) is 0. The van der Waals surface area contributed by atoms with Crippen LogP contribution in [0.15, 0.2) is 0 Å². The minimum Gasteiger partial charge on any atom is -0.411 e. The lowest BCUT2D eigenvalue weighted by Crippen LogP contribution is -2.59. The molecule has 240 valence electrons. The molecule has 0 spiro atoms. The summed E-state index contributed by atoms with van der Waals surface area (Å²) >= 11 is 0. The van der Waals surface area contributed by atoms with Gasteiger partial charge in [0.15, 0.2) is 40.8 Å². The van der Waals surface area contributed by atoms with Gasteiger partial charge in [0.25, 0.3) is 0 Å². The maximum Gasteiger partial charge on any atom is 0.192 e. The van der Waals surface area contributed by atoms with Gasteiger partial charge in [-0.05, 0) is 70.9 Å². The minimum atomic E-state index is -2.13. The van der Waals surface area contributed by atoms with E-state index in [1.807, 2.05) is 27.7 Å². The Balaban J connectivity index is 1.58. The molecule has 4 heterocycles. The van der Waals surface area contributed by atoms with Gasteiger partial charge in [0.1, 0.15) is 24.4 Å². The standard InChI is InChI=1S/C30H58O9Si2/c1-18-22(39-41(14,15)28(5,6)7)19(38-40(12,13)27(2,3)4)16-21(32-18)33-24-23(20-17-31-29(8,9)35-20)34-26-25(24)36-30(10,11)37-26/h18-26H,16-17H2,1-15H3/t18-,19-,20+,21-,22-,23+,24-,25+,26+/m0/s1. The molecular formula is C30H58O9Si2. The minimum absolute atomic E-state index is 0.0528. The quantitative estimate of drug-likeness (QED) is 0.305. The van der Waals surface area contributed by atoms with Crippen molar-refractivity contribution in [2.45, 2.75) is 186 Å². The summed E-state index contributed by atoms with van der Waals surface area (Å²) in [6.07, 6.45) is -2.74. The third-order valence-corrected chi connectivity index (χ3v) is 18.8. The van der Waals surface area contributed by atoms with Gasteiger partial charge in [-0.1, -0.05) is 41.5 Å². The summed E-state index contributed by atoms with van der Waals surface area (Å²) in [5.74, 6) is -1.46. The maximum atomic E-state index is 7.10. The Hall–Kier alpha value is 0.0738. The predicted molar refractivity (Wildman–Crippen MR) is 162 cm³/mol. The van der Waals surface area contributed by atoms with Gasteiger partial charge in [-0.2, -0.15) is 0 Å². The molecule has 0 saturated carbocycles. The molecule has 4 rings (SSSR count). The van der Waals surface area contributed by atoms with Crippen LogP contribution in [0.2, 0.25) is 36.3 Å². The normalized spacial score (nSPS) is 39.7. The molecule has 4 fully saturated rings. The van der Waals surface area contributed by atoms with E-state index in [4.69, 9.17) is 42.0 Å². The van der Waals surface area contributed by atoms with Crippen molar-refractivity contribution >= 4 is 16.6 Å². The number of rotatable bonds is 7. The molecule has 0 radical (unpaired) electrons. The van der Waals surface area contributed by atoms with E-state index in [0.29, 0.717) is 13.0 Å². The highest BCUT2D eigenvalue weighted by atomic mass is 28.4. The first kappa shape index (κ1) is 34.0. The zero-order valence-electron chi connectivity index (χ0n) is 28.3. The Morgan fingerprint density at radius 1 is 0.707 bits per heavy atom. The topological polar surface area (TPSA) is 83.1 Å². The Kier molecular flexibility index (Phi) is 9.24. The van der Waals surface area contributed by atoms with Gasteiger partial charge >= 0.3 is 0 Å². The lowest BCUT2D eigenvalue weighted by Gasteiger charge is -2.50. The van der Waals surface area contributed by atoms with Gasteiger partial charge in [-0.25, -0.2) is 0 Å². The summed E-state index contributed by atoms with van der Waals surface area (Å²) in [7, 11) is -4.24. The molecule has 0 aliphatic carbocycles. The van der Waals surface area contributed by atoms with E-state index < -0.39 is 59.1 Å². The van der Waals surface area contributed by atoms with Crippen molar-refractivity contribution < 1.29 is 42.0 Å². The molecule has 4 saturated heterocycles. The second kappa shape index (κ2) is 11.2. The van der Waals surface area contributed by atoms with Crippen molar-refractivity contribution in [2.24, 2.45) is 0 Å². The van der Waals surface area contributed by atoms with Gasteiger partial charge in [0, 0.05) is 6.42 Å². The molecule has 9 atom stereocenters. The highest BCUT2D eigenvalue weighted by Crippen LogP contribution is 2.46. The van der Waals surface area contributed by atoms with E-state index in [2.05, 4.69) is 74.7 Å². The van der Waals surface area contributed by atoms with Crippen LogP contribution in [0.1, 0.15) is 82.6 Å². The van der Waals surface area contributed by atoms with Crippen molar-refractivity contribution in [2.75, 3.05) is 6.61 Å². The summed E-state index contributed by atoms with van der Waals surface area (Å²) in [4.78, 5) is 0. The first-order chi connectivity index (χ1) is 18.4. The van der Waals surface area contributed by atoms with Crippen LogP contribution in [0, 0.1) is 0 Å². The molecule has 9 nitrogen and oxygen atoms in total. The molecule has 0 unspecified atom stereocenters. The van der Waals surface area contributed by atoms with Gasteiger partial charge in [-0.15, -0.1) is 0 Å². The lowest BCUT2D eigenvalue weighted by atomic mass is 10.0. The van der Waals surface area contributed by atoms with Crippen molar-refractivity contribution in [3.05, 3.63) is 0 Å². The van der Waals surface area contributed by atoms with Crippen LogP contribution in [-0.4, -0.2) is 90.1 Å². The molecular weight excluding hydrogens is 560 g/mol. The number of hydrogen-bond donors (Lipinski definition) is 0. The lowest BCUT2D eigenvalue weighted by molar-refractivity contribution is -0.284. The highest BCUT2D eigenvalue weighted by Gasteiger charge is 2.60. The van der Waals surface area contributed by atoms with Crippen LogP contribution < -0.4 is 0 Å². The van der Waals surface area contributed by atoms with Gasteiger partial charge in [-0.3, -0.25) is 0 Å². The first-order valence-electron chi connectivity index (χ1n) is 15.4. The van der Waals surface area contributed by atoms with E-state index in [9.17, 15) is 0 Å². The molecule has 0 N–H and O–H groups in total. The first-order valence-corrected chi connectivity index (χ1v) is 21.2. The SMILES string of the molecule is C[C@@H]1O[C@@H](O[C@@H]2[C@H]3OC(C)(C)O[C@H]3O[C@@H]2[C@H]2COC(C)(C)O2)C[C@H](O[Si](C)(C)C(C)(C)C)[C@H]1O[Si](C)(C)C(C)(C)C. The molecule has 4 aliphatic heterocycles. The highest BCUT2D eigenvalue weighted by molar-refractivity contribution is 6.74. The summed E-state index contributed by atoms with van der Waals surface area (Å²) in [6.45, 7) is 32.9. The smallest absolute Gasteiger partial charge is 0.192 e. The third kappa shape index (κ3) is 7.32. The second-order valence-electron chi connectivity index (χ2n) is 16.3. The maximum absolute atomic E-state index is 7.10. The number of fused-ring (bicyclic) bond motifs is 1.